The van der Waals surface area contributed by atoms with E-state index in [1.54, 1.807) is 0 Å². The molecule has 1 N–H and O–H groups in total. The molecule has 6 nitrogen and oxygen atoms in total. The normalized spacial score (nSPS) is 15.5. The van der Waals surface area contributed by atoms with Crippen LogP contribution in [0.3, 0.4) is 0 Å². The van der Waals surface area contributed by atoms with E-state index in [0.717, 1.165) is 71.0 Å². The molecule has 1 saturated heterocycles. The van der Waals surface area contributed by atoms with Crippen molar-refractivity contribution in [2.45, 2.75) is 64.1 Å². The van der Waals surface area contributed by atoms with E-state index in [4.69, 9.17) is 9.57 Å². The first-order chi connectivity index (χ1) is 20.1. The summed E-state index contributed by atoms with van der Waals surface area (Å²) in [6.07, 6.45) is 12.7. The van der Waals surface area contributed by atoms with Gasteiger partial charge in [-0.2, -0.15) is 0 Å². The largest absolute Gasteiger partial charge is 0.378 e. The van der Waals surface area contributed by atoms with Gasteiger partial charge in [-0.3, -0.25) is 9.69 Å². The van der Waals surface area contributed by atoms with E-state index >= 15 is 0 Å². The van der Waals surface area contributed by atoms with Crippen molar-refractivity contribution >= 4 is 22.4 Å². The van der Waals surface area contributed by atoms with Crippen molar-refractivity contribution in [2.24, 2.45) is 0 Å². The summed E-state index contributed by atoms with van der Waals surface area (Å²) in [5.74, 6) is -0.0615. The zero-order valence-electron chi connectivity index (χ0n) is 24.9. The molecule has 1 fully saturated rings. The Labute approximate surface area is 246 Å². The number of amides is 1. The fourth-order valence-corrected chi connectivity index (χ4v) is 5.24. The number of hydrogen-bond donors (Lipinski definition) is 1. The summed E-state index contributed by atoms with van der Waals surface area (Å²) < 4.78 is 5.51. The molecule has 6 heteroatoms. The lowest BCUT2D eigenvalue weighted by Crippen LogP contribution is -2.33. The van der Waals surface area contributed by atoms with Crippen LogP contribution >= 0.6 is 0 Å². The number of nitrogens with one attached hydrogen (secondary N) is 1. The second-order valence-electron chi connectivity index (χ2n) is 11.2. The first-order valence-electron chi connectivity index (χ1n) is 15.2. The molecule has 3 aromatic rings. The molecule has 0 saturated carbocycles. The zero-order chi connectivity index (χ0) is 28.7. The van der Waals surface area contributed by atoms with Gasteiger partial charge in [0.2, 0.25) is 5.91 Å². The number of fused-ring (bicyclic) bond motifs is 1. The number of ether oxygens (including phenoxy) is 1. The molecule has 0 aromatic heterocycles. The second kappa shape index (κ2) is 16.9. The van der Waals surface area contributed by atoms with Gasteiger partial charge < -0.3 is 9.64 Å². The van der Waals surface area contributed by atoms with Crippen molar-refractivity contribution in [2.75, 3.05) is 45.2 Å². The number of hydroxylamine groups is 1. The number of rotatable bonds is 16. The van der Waals surface area contributed by atoms with E-state index in [1.807, 2.05) is 0 Å². The van der Waals surface area contributed by atoms with E-state index in [1.165, 1.54) is 27.6 Å². The summed E-state index contributed by atoms with van der Waals surface area (Å²) in [5.41, 5.74) is 6.52. The smallest absolute Gasteiger partial charge is 0.243 e. The van der Waals surface area contributed by atoms with E-state index < -0.39 is 0 Å². The number of benzene rings is 3. The molecular formula is C35H47N3O3. The van der Waals surface area contributed by atoms with Crippen molar-refractivity contribution in [3.63, 3.8) is 0 Å². The predicted molar refractivity (Wildman–Crippen MR) is 169 cm³/mol. The van der Waals surface area contributed by atoms with Gasteiger partial charge in [-0.25, -0.2) is 10.3 Å². The third kappa shape index (κ3) is 10.6. The van der Waals surface area contributed by atoms with Crippen LogP contribution < -0.4 is 10.4 Å². The highest BCUT2D eigenvalue weighted by Gasteiger charge is 2.15. The maximum Gasteiger partial charge on any atom is 0.243 e. The topological polar surface area (TPSA) is 54.0 Å². The fourth-order valence-electron chi connectivity index (χ4n) is 5.24. The van der Waals surface area contributed by atoms with E-state index in [9.17, 15) is 4.79 Å². The average Bonchev–Trinajstić information content (AvgIpc) is 3.01. The minimum Gasteiger partial charge on any atom is -0.378 e. The Bertz CT molecular complexity index is 1210. The number of anilines is 1. The molecule has 1 heterocycles. The third-order valence-corrected chi connectivity index (χ3v) is 7.73. The van der Waals surface area contributed by atoms with Gasteiger partial charge in [0.25, 0.3) is 0 Å². The Morgan fingerprint density at radius 1 is 0.951 bits per heavy atom. The van der Waals surface area contributed by atoms with Crippen LogP contribution in [0.15, 0.2) is 78.9 Å². The first-order valence-corrected chi connectivity index (χ1v) is 15.2. The maximum atomic E-state index is 12.2. The molecule has 4 rings (SSSR count). The molecule has 1 unspecified atom stereocenters. The van der Waals surface area contributed by atoms with Crippen LogP contribution in [0.2, 0.25) is 0 Å². The lowest BCUT2D eigenvalue weighted by molar-refractivity contribution is -0.200. The molecule has 0 aliphatic carbocycles. The number of carbonyl (C=O) groups excluding carboxylic acids is 1. The van der Waals surface area contributed by atoms with Crippen molar-refractivity contribution in [1.82, 2.24) is 10.4 Å². The summed E-state index contributed by atoms with van der Waals surface area (Å²) in [4.78, 5) is 22.3. The van der Waals surface area contributed by atoms with Crippen molar-refractivity contribution in [1.29, 1.82) is 0 Å². The molecule has 1 aliphatic heterocycles. The molecule has 1 atom stereocenters. The average molecular weight is 558 g/mol. The van der Waals surface area contributed by atoms with Crippen molar-refractivity contribution in [3.05, 3.63) is 90.0 Å². The molecule has 0 spiro atoms. The Balaban J connectivity index is 1.23. The Morgan fingerprint density at radius 2 is 1.78 bits per heavy atom. The minimum atomic E-state index is -0.298. The van der Waals surface area contributed by atoms with Crippen molar-refractivity contribution < 1.29 is 14.4 Å². The van der Waals surface area contributed by atoms with Crippen LogP contribution in [0, 0.1) is 0 Å². The van der Waals surface area contributed by atoms with E-state index in [2.05, 4.69) is 108 Å². The highest BCUT2D eigenvalue weighted by molar-refractivity contribution is 5.85. The molecule has 0 radical (unpaired) electrons. The highest BCUT2D eigenvalue weighted by atomic mass is 16.8. The number of allylic oxidation sites excluding steroid dienone is 1. The van der Waals surface area contributed by atoms with Gasteiger partial charge in [-0.1, -0.05) is 73.2 Å². The molecule has 41 heavy (non-hydrogen) atoms. The van der Waals surface area contributed by atoms with Gasteiger partial charge in [0.05, 0.1) is 0 Å². The van der Waals surface area contributed by atoms with Gasteiger partial charge >= 0.3 is 0 Å². The number of unbranched alkanes of at least 4 members (excludes halogenated alkanes) is 2. The lowest BCUT2D eigenvalue weighted by Gasteiger charge is -2.22. The summed E-state index contributed by atoms with van der Waals surface area (Å²) in [6, 6.07) is 24.0. The predicted octanol–water partition coefficient (Wildman–Crippen LogP) is 6.68. The number of carbonyl (C=O) groups is 1. The van der Waals surface area contributed by atoms with Gasteiger partial charge in [0.15, 0.2) is 6.29 Å². The zero-order valence-corrected chi connectivity index (χ0v) is 24.9. The fraction of sp³-hybridized carbons (Fsp3) is 0.457. The lowest BCUT2D eigenvalue weighted by atomic mass is 10.0. The molecule has 3 aromatic carbocycles. The van der Waals surface area contributed by atoms with Gasteiger partial charge in [0, 0.05) is 52.3 Å². The summed E-state index contributed by atoms with van der Waals surface area (Å²) in [7, 11) is 4.14. The van der Waals surface area contributed by atoms with Crippen LogP contribution in [0.4, 0.5) is 5.69 Å². The minimum absolute atomic E-state index is 0.0615. The van der Waals surface area contributed by atoms with Crippen molar-refractivity contribution in [3.8, 4) is 0 Å². The SMILES string of the molecule is CN(C)c1ccc(C/C=C/CN(CCCCCC(=O)NOC2CCCCO2)CCc2cccc3ccccc23)cc1. The summed E-state index contributed by atoms with van der Waals surface area (Å²) >= 11 is 0. The molecular weight excluding hydrogens is 510 g/mol. The maximum absolute atomic E-state index is 12.2. The monoisotopic (exact) mass is 557 g/mol. The summed E-state index contributed by atoms with van der Waals surface area (Å²) in [6.45, 7) is 3.65. The van der Waals surface area contributed by atoms with Gasteiger partial charge in [0.1, 0.15) is 0 Å². The van der Waals surface area contributed by atoms with Crippen LogP contribution in [0.5, 0.6) is 0 Å². The molecule has 1 amide bonds. The quantitative estimate of drug-likeness (QED) is 0.121. The van der Waals surface area contributed by atoms with Crippen LogP contribution in [0.1, 0.15) is 56.1 Å². The number of nitrogens with zero attached hydrogens (tertiary/aromatic N) is 2. The number of hydrogen-bond acceptors (Lipinski definition) is 5. The Kier molecular flexibility index (Phi) is 12.7. The third-order valence-electron chi connectivity index (χ3n) is 7.73. The molecule has 0 bridgehead atoms. The van der Waals surface area contributed by atoms with E-state index in [0.29, 0.717) is 13.0 Å². The van der Waals surface area contributed by atoms with Crippen LogP contribution in [-0.2, 0) is 27.2 Å². The van der Waals surface area contributed by atoms with Gasteiger partial charge in [-0.05, 0) is 79.1 Å². The standard InChI is InChI=1S/C35H47N3O3/c1-37(2)32-22-20-29(21-23-32)13-7-10-26-38(27-24-31-16-12-15-30-14-5-6-17-33(30)31)25-9-3-4-18-34(39)36-41-35-19-8-11-28-40-35/h5-7,10,12,14-17,20-23,35H,3-4,8-9,11,13,18-19,24-28H2,1-2H3,(H,36,39)/b10-7+. The molecule has 1 aliphatic rings. The summed E-state index contributed by atoms with van der Waals surface area (Å²) in [5, 5.41) is 2.65. The first kappa shape index (κ1) is 30.8. The Morgan fingerprint density at radius 3 is 2.59 bits per heavy atom. The van der Waals surface area contributed by atoms with E-state index in [-0.39, 0.29) is 12.2 Å². The second-order valence-corrected chi connectivity index (χ2v) is 11.2. The Hall–Kier alpha value is -3.19. The molecule has 220 valence electrons. The van der Waals surface area contributed by atoms with Crippen LogP contribution in [0.25, 0.3) is 10.8 Å². The van der Waals surface area contributed by atoms with Gasteiger partial charge in [-0.15, -0.1) is 0 Å². The van der Waals surface area contributed by atoms with Crippen LogP contribution in [-0.4, -0.2) is 57.4 Å². The highest BCUT2D eigenvalue weighted by Crippen LogP contribution is 2.19.